The van der Waals surface area contributed by atoms with E-state index in [0.29, 0.717) is 30.3 Å². The van der Waals surface area contributed by atoms with Gasteiger partial charge in [0.05, 0.1) is 5.69 Å². The van der Waals surface area contributed by atoms with Crippen molar-refractivity contribution in [2.45, 2.75) is 31.8 Å². The Morgan fingerprint density at radius 2 is 1.73 bits per heavy atom. The average molecular weight is 415 g/mol. The maximum absolute atomic E-state index is 14.0. The van der Waals surface area contributed by atoms with Crippen LogP contribution in [0.15, 0.2) is 42.5 Å². The van der Waals surface area contributed by atoms with E-state index in [-0.39, 0.29) is 12.5 Å². The molecule has 0 bridgehead atoms. The molecule has 2 saturated heterocycles. The monoisotopic (exact) mass is 415 g/mol. The number of anilines is 1. The van der Waals surface area contributed by atoms with Gasteiger partial charge in [0, 0.05) is 63.4 Å². The van der Waals surface area contributed by atoms with Gasteiger partial charge in [-0.2, -0.15) is 0 Å². The summed E-state index contributed by atoms with van der Waals surface area (Å²) in [6.45, 7) is 4.15. The summed E-state index contributed by atoms with van der Waals surface area (Å²) < 4.78 is 27.1. The average Bonchev–Trinajstić information content (AvgIpc) is 2.92. The lowest BCUT2D eigenvalue weighted by Crippen LogP contribution is -2.50. The molecule has 2 aromatic carbocycles. The van der Waals surface area contributed by atoms with E-state index in [1.165, 1.54) is 12.1 Å². The largest absolute Gasteiger partial charge is 0.506 e. The number of nitrogens with zero attached hydrogens (tertiary/aromatic N) is 3. The van der Waals surface area contributed by atoms with Gasteiger partial charge in [-0.1, -0.05) is 18.2 Å². The Balaban J connectivity index is 1.34. The van der Waals surface area contributed by atoms with Crippen molar-refractivity contribution in [1.82, 2.24) is 9.80 Å². The molecule has 160 valence electrons. The molecule has 1 N–H and O–H groups in total. The van der Waals surface area contributed by atoms with E-state index in [1.54, 1.807) is 11.0 Å². The normalized spacial score (nSPS) is 21.0. The standard InChI is InChI=1S/C23H27F2N3O2/c24-18-6-5-17(20(25)15-18)16-28-10-9-19(7-8-23(28)30)26-11-13-27(14-12-26)21-3-1-2-4-22(21)29/h1-6,15,19,29H,7-14,16H2. The van der Waals surface area contributed by atoms with Crippen molar-refractivity contribution in [2.75, 3.05) is 37.6 Å². The number of phenolic OH excluding ortho intramolecular Hbond substituents is 1. The van der Waals surface area contributed by atoms with Crippen LogP contribution in [0.25, 0.3) is 0 Å². The minimum absolute atomic E-state index is 0.0223. The van der Waals surface area contributed by atoms with Gasteiger partial charge in [-0.15, -0.1) is 0 Å². The number of aromatic hydroxyl groups is 1. The Bertz CT molecular complexity index is 900. The molecule has 2 aliphatic heterocycles. The Morgan fingerprint density at radius 1 is 0.967 bits per heavy atom. The minimum Gasteiger partial charge on any atom is -0.506 e. The number of hydrogen-bond donors (Lipinski definition) is 1. The van der Waals surface area contributed by atoms with Gasteiger partial charge in [0.25, 0.3) is 0 Å². The lowest BCUT2D eigenvalue weighted by atomic mass is 10.1. The fourth-order valence-corrected chi connectivity index (χ4v) is 4.47. The number of phenols is 1. The molecule has 2 aromatic rings. The third-order valence-corrected chi connectivity index (χ3v) is 6.21. The number of carbonyl (C=O) groups is 1. The SMILES string of the molecule is O=C1CCC(N2CCN(c3ccccc3O)CC2)CCN1Cc1ccc(F)cc1F. The quantitative estimate of drug-likeness (QED) is 0.832. The van der Waals surface area contributed by atoms with Crippen LogP contribution in [0.3, 0.4) is 0 Å². The van der Waals surface area contributed by atoms with E-state index < -0.39 is 11.6 Å². The number of benzene rings is 2. The third-order valence-electron chi connectivity index (χ3n) is 6.21. The number of hydrogen-bond acceptors (Lipinski definition) is 4. The third kappa shape index (κ3) is 4.56. The Kier molecular flexibility index (Phi) is 6.18. The zero-order valence-corrected chi connectivity index (χ0v) is 16.9. The van der Waals surface area contributed by atoms with Crippen molar-refractivity contribution in [3.8, 4) is 5.75 Å². The van der Waals surface area contributed by atoms with Crippen LogP contribution in [0.4, 0.5) is 14.5 Å². The zero-order chi connectivity index (χ0) is 21.1. The molecule has 4 rings (SSSR count). The second-order valence-electron chi connectivity index (χ2n) is 8.04. The van der Waals surface area contributed by atoms with Crippen molar-refractivity contribution in [2.24, 2.45) is 0 Å². The molecule has 1 atom stereocenters. The number of para-hydroxylation sites is 2. The lowest BCUT2D eigenvalue weighted by molar-refractivity contribution is -0.131. The molecule has 0 radical (unpaired) electrons. The van der Waals surface area contributed by atoms with E-state index in [1.807, 2.05) is 18.2 Å². The van der Waals surface area contributed by atoms with Crippen molar-refractivity contribution >= 4 is 11.6 Å². The predicted octanol–water partition coefficient (Wildman–Crippen LogP) is 3.37. The van der Waals surface area contributed by atoms with Gasteiger partial charge in [-0.3, -0.25) is 9.69 Å². The van der Waals surface area contributed by atoms with Gasteiger partial charge in [-0.05, 0) is 31.0 Å². The first kappa shape index (κ1) is 20.6. The van der Waals surface area contributed by atoms with E-state index in [9.17, 15) is 18.7 Å². The number of rotatable bonds is 4. The highest BCUT2D eigenvalue weighted by Gasteiger charge is 2.29. The molecular formula is C23H27F2N3O2. The number of piperazine rings is 1. The summed E-state index contributed by atoms with van der Waals surface area (Å²) in [6, 6.07) is 11.2. The molecule has 2 heterocycles. The second kappa shape index (κ2) is 9.00. The summed E-state index contributed by atoms with van der Waals surface area (Å²) in [4.78, 5) is 18.9. The highest BCUT2D eigenvalue weighted by atomic mass is 19.1. The van der Waals surface area contributed by atoms with Crippen molar-refractivity contribution < 1.29 is 18.7 Å². The first-order chi connectivity index (χ1) is 14.5. The van der Waals surface area contributed by atoms with Gasteiger partial charge in [-0.25, -0.2) is 8.78 Å². The maximum Gasteiger partial charge on any atom is 0.222 e. The van der Waals surface area contributed by atoms with Gasteiger partial charge in [0.15, 0.2) is 0 Å². The molecule has 0 aromatic heterocycles. The number of halogens is 2. The Hall–Kier alpha value is -2.67. The van der Waals surface area contributed by atoms with E-state index in [0.717, 1.165) is 50.8 Å². The van der Waals surface area contributed by atoms with Crippen molar-refractivity contribution in [1.29, 1.82) is 0 Å². The van der Waals surface area contributed by atoms with E-state index >= 15 is 0 Å². The van der Waals surface area contributed by atoms with Crippen LogP contribution in [-0.4, -0.2) is 59.6 Å². The smallest absolute Gasteiger partial charge is 0.222 e. The van der Waals surface area contributed by atoms with Crippen LogP contribution < -0.4 is 4.90 Å². The Labute approximate surface area is 175 Å². The van der Waals surface area contributed by atoms with E-state index in [4.69, 9.17) is 0 Å². The van der Waals surface area contributed by atoms with Crippen molar-refractivity contribution in [3.05, 3.63) is 59.7 Å². The molecular weight excluding hydrogens is 388 g/mol. The zero-order valence-electron chi connectivity index (χ0n) is 16.9. The van der Waals surface area contributed by atoms with Crippen LogP contribution in [0, 0.1) is 11.6 Å². The van der Waals surface area contributed by atoms with E-state index in [2.05, 4.69) is 9.80 Å². The molecule has 0 aliphatic carbocycles. The molecule has 0 spiro atoms. The molecule has 1 unspecified atom stereocenters. The van der Waals surface area contributed by atoms with Gasteiger partial charge in [0.2, 0.25) is 5.91 Å². The molecule has 2 aliphatic rings. The molecule has 5 nitrogen and oxygen atoms in total. The van der Waals surface area contributed by atoms with Crippen LogP contribution in [0.2, 0.25) is 0 Å². The highest BCUT2D eigenvalue weighted by Crippen LogP contribution is 2.28. The lowest BCUT2D eigenvalue weighted by Gasteiger charge is -2.40. The number of likely N-dealkylation sites (tertiary alicyclic amines) is 1. The van der Waals surface area contributed by atoms with Crippen LogP contribution in [0.1, 0.15) is 24.8 Å². The number of amides is 1. The Morgan fingerprint density at radius 3 is 2.47 bits per heavy atom. The highest BCUT2D eigenvalue weighted by molar-refractivity contribution is 5.76. The maximum atomic E-state index is 14.0. The van der Waals surface area contributed by atoms with Gasteiger partial charge < -0.3 is 14.9 Å². The van der Waals surface area contributed by atoms with Gasteiger partial charge >= 0.3 is 0 Å². The summed E-state index contributed by atoms with van der Waals surface area (Å²) in [5, 5.41) is 10.1. The molecule has 1 amide bonds. The summed E-state index contributed by atoms with van der Waals surface area (Å²) >= 11 is 0. The van der Waals surface area contributed by atoms with Gasteiger partial charge in [0.1, 0.15) is 17.4 Å². The first-order valence-corrected chi connectivity index (χ1v) is 10.5. The molecule has 0 saturated carbocycles. The van der Waals surface area contributed by atoms with Crippen LogP contribution in [-0.2, 0) is 11.3 Å². The summed E-state index contributed by atoms with van der Waals surface area (Å²) in [5.74, 6) is -0.894. The summed E-state index contributed by atoms with van der Waals surface area (Å²) in [7, 11) is 0. The molecule has 2 fully saturated rings. The second-order valence-corrected chi connectivity index (χ2v) is 8.04. The fraction of sp³-hybridized carbons (Fsp3) is 0.435. The fourth-order valence-electron chi connectivity index (χ4n) is 4.47. The molecule has 30 heavy (non-hydrogen) atoms. The first-order valence-electron chi connectivity index (χ1n) is 10.5. The number of carbonyl (C=O) groups excluding carboxylic acids is 1. The van der Waals surface area contributed by atoms with Crippen LogP contribution >= 0.6 is 0 Å². The summed E-state index contributed by atoms with van der Waals surface area (Å²) in [5.41, 5.74) is 1.21. The topological polar surface area (TPSA) is 47.0 Å². The minimum atomic E-state index is -0.610. The molecule has 7 heteroatoms. The van der Waals surface area contributed by atoms with Crippen molar-refractivity contribution in [3.63, 3.8) is 0 Å². The summed E-state index contributed by atoms with van der Waals surface area (Å²) in [6.07, 6.45) is 2.07. The predicted molar refractivity (Wildman–Crippen MR) is 111 cm³/mol. The van der Waals surface area contributed by atoms with Crippen LogP contribution in [0.5, 0.6) is 5.75 Å².